The fourth-order valence-corrected chi connectivity index (χ4v) is 5.17. The van der Waals surface area contributed by atoms with Crippen molar-refractivity contribution >= 4 is 11.2 Å². The minimum atomic E-state index is -0.433. The first kappa shape index (κ1) is 31.3. The Balaban J connectivity index is 1.91. The largest absolute Gasteiger partial charge is 0.393 e. The van der Waals surface area contributed by atoms with E-state index in [1.54, 1.807) is 7.05 Å². The van der Waals surface area contributed by atoms with Crippen LogP contribution in [0, 0.1) is 0 Å². The van der Waals surface area contributed by atoms with E-state index in [9.17, 15) is 14.7 Å². The molecule has 0 fully saturated rings. The summed E-state index contributed by atoms with van der Waals surface area (Å²) in [5, 5.41) is 13.1. The second kappa shape index (κ2) is 17.6. The Morgan fingerprint density at radius 1 is 0.811 bits per heavy atom. The lowest BCUT2D eigenvalue weighted by Crippen LogP contribution is -2.29. The van der Waals surface area contributed by atoms with Gasteiger partial charge in [-0.15, -0.1) is 0 Å². The lowest BCUT2D eigenvalue weighted by molar-refractivity contribution is 0.180. The Morgan fingerprint density at radius 3 is 1.95 bits per heavy atom. The van der Waals surface area contributed by atoms with Gasteiger partial charge in [-0.25, -0.2) is 9.78 Å². The number of hydrogen-bond acceptors (Lipinski definition) is 5. The predicted octanol–water partition coefficient (Wildman–Crippen LogP) is 5.62. The van der Waals surface area contributed by atoms with Crippen molar-refractivity contribution in [3.05, 3.63) is 26.7 Å². The molecule has 3 N–H and O–H groups in total. The molecule has 8 heteroatoms. The van der Waals surface area contributed by atoms with Crippen LogP contribution in [0.15, 0.2) is 9.59 Å². The summed E-state index contributed by atoms with van der Waals surface area (Å²) in [6, 6.07) is 0.0520. The average molecular weight is 520 g/mol. The van der Waals surface area contributed by atoms with E-state index in [4.69, 9.17) is 4.98 Å². The second-order valence-corrected chi connectivity index (χ2v) is 10.9. The fraction of sp³-hybridized carbons (Fsp3) is 0.828. The molecule has 0 aliphatic rings. The zero-order valence-corrected chi connectivity index (χ0v) is 24.0. The highest BCUT2D eigenvalue weighted by atomic mass is 16.3. The first-order valence-corrected chi connectivity index (χ1v) is 14.9. The number of aliphatic hydroxyl groups is 1. The van der Waals surface area contributed by atoms with Crippen molar-refractivity contribution in [2.75, 3.05) is 6.54 Å². The molecule has 0 amide bonds. The molecule has 0 bridgehead atoms. The van der Waals surface area contributed by atoms with E-state index in [2.05, 4.69) is 17.2 Å². The molecule has 37 heavy (non-hydrogen) atoms. The van der Waals surface area contributed by atoms with Gasteiger partial charge in [0, 0.05) is 14.1 Å². The number of aromatic nitrogens is 4. The van der Waals surface area contributed by atoms with Crippen molar-refractivity contribution in [2.24, 2.45) is 14.1 Å². The molecule has 2 aromatic rings. The van der Waals surface area contributed by atoms with Gasteiger partial charge in [0.2, 0.25) is 0 Å². The summed E-state index contributed by atoms with van der Waals surface area (Å²) in [6.45, 7) is 5.04. The normalized spacial score (nSPS) is 13.4. The molecule has 0 saturated heterocycles. The maximum atomic E-state index is 12.5. The first-order chi connectivity index (χ1) is 17.9. The number of unbranched alkanes of at least 4 members (excludes halogenated alkanes) is 13. The van der Waals surface area contributed by atoms with Crippen LogP contribution < -0.4 is 16.6 Å². The van der Waals surface area contributed by atoms with Gasteiger partial charge in [0.25, 0.3) is 5.56 Å². The number of H-pyrrole nitrogens is 1. The minimum absolute atomic E-state index is 0.0520. The standard InChI is InChI=1S/C29H53N5O3/c1-5-6-7-8-9-10-13-16-19-22-30-24(21-18-15-12-11-14-17-20-23(2)35)26-31-27-25(33(26)3)28(36)32-29(37)34(27)4/h23-24,30,35H,5-22H2,1-4H3,(H,32,36,37). The number of nitrogens with zero attached hydrogens (tertiary/aromatic N) is 3. The Bertz CT molecular complexity index is 1010. The van der Waals surface area contributed by atoms with Gasteiger partial charge in [-0.1, -0.05) is 96.8 Å². The van der Waals surface area contributed by atoms with Gasteiger partial charge < -0.3 is 15.0 Å². The molecule has 2 aromatic heterocycles. The Labute approximate surface area is 223 Å². The number of hydrogen-bond donors (Lipinski definition) is 3. The molecule has 212 valence electrons. The van der Waals surface area contributed by atoms with E-state index in [1.165, 1.54) is 75.2 Å². The fourth-order valence-electron chi connectivity index (χ4n) is 5.17. The predicted molar refractivity (Wildman–Crippen MR) is 153 cm³/mol. The van der Waals surface area contributed by atoms with E-state index >= 15 is 0 Å². The Morgan fingerprint density at radius 2 is 1.35 bits per heavy atom. The number of nitrogens with one attached hydrogen (secondary N) is 2. The minimum Gasteiger partial charge on any atom is -0.393 e. The highest BCUT2D eigenvalue weighted by Gasteiger charge is 2.21. The Kier molecular flexibility index (Phi) is 14.8. The molecule has 2 unspecified atom stereocenters. The smallest absolute Gasteiger partial charge is 0.329 e. The third-order valence-corrected chi connectivity index (χ3v) is 7.52. The average Bonchev–Trinajstić information content (AvgIpc) is 3.21. The molecule has 0 saturated carbocycles. The highest BCUT2D eigenvalue weighted by Crippen LogP contribution is 2.22. The number of aliphatic hydroxyl groups excluding tert-OH is 1. The van der Waals surface area contributed by atoms with Crippen LogP contribution in [0.4, 0.5) is 0 Å². The second-order valence-electron chi connectivity index (χ2n) is 10.9. The number of fused-ring (bicyclic) bond motifs is 1. The third kappa shape index (κ3) is 10.8. The maximum absolute atomic E-state index is 12.5. The Hall–Kier alpha value is -1.93. The van der Waals surface area contributed by atoms with E-state index in [1.807, 2.05) is 18.5 Å². The summed E-state index contributed by atoms with van der Waals surface area (Å²) >= 11 is 0. The van der Waals surface area contributed by atoms with Gasteiger partial charge >= 0.3 is 5.69 Å². The zero-order valence-electron chi connectivity index (χ0n) is 24.0. The molecule has 0 aliphatic carbocycles. The van der Waals surface area contributed by atoms with Crippen molar-refractivity contribution in [3.8, 4) is 0 Å². The molecule has 2 heterocycles. The van der Waals surface area contributed by atoms with Gasteiger partial charge in [-0.2, -0.15) is 0 Å². The lowest BCUT2D eigenvalue weighted by atomic mass is 10.0. The van der Waals surface area contributed by atoms with Gasteiger partial charge in [-0.3, -0.25) is 14.3 Å². The van der Waals surface area contributed by atoms with Gasteiger partial charge in [0.05, 0.1) is 12.1 Å². The molecule has 0 spiro atoms. The SMILES string of the molecule is CCCCCCCCCCCNC(CCCCCCCCC(C)O)c1nc2c(c(=O)[nH]c(=O)n2C)n1C. The lowest BCUT2D eigenvalue weighted by Gasteiger charge is -2.19. The van der Waals surface area contributed by atoms with Gasteiger partial charge in [0.15, 0.2) is 11.2 Å². The summed E-state index contributed by atoms with van der Waals surface area (Å²) in [5.74, 6) is 0.828. The van der Waals surface area contributed by atoms with Crippen molar-refractivity contribution in [3.63, 3.8) is 0 Å². The molecular formula is C29H53N5O3. The van der Waals surface area contributed by atoms with Crippen LogP contribution in [-0.4, -0.2) is 36.9 Å². The zero-order chi connectivity index (χ0) is 27.0. The maximum Gasteiger partial charge on any atom is 0.329 e. The van der Waals surface area contributed by atoms with Crippen LogP contribution >= 0.6 is 0 Å². The molecular weight excluding hydrogens is 466 g/mol. The van der Waals surface area contributed by atoms with E-state index in [0.717, 1.165) is 50.9 Å². The summed E-state index contributed by atoms with van der Waals surface area (Å²) < 4.78 is 3.28. The van der Waals surface area contributed by atoms with Crippen molar-refractivity contribution in [1.82, 2.24) is 24.4 Å². The molecule has 0 aliphatic heterocycles. The third-order valence-electron chi connectivity index (χ3n) is 7.52. The van der Waals surface area contributed by atoms with Gasteiger partial charge in [-0.05, 0) is 32.7 Å². The van der Waals surface area contributed by atoms with Crippen LogP contribution in [0.25, 0.3) is 11.2 Å². The topological polar surface area (TPSA) is 105 Å². The molecule has 2 rings (SSSR count). The van der Waals surface area contributed by atoms with E-state index in [0.29, 0.717) is 11.2 Å². The van der Waals surface area contributed by atoms with Crippen LogP contribution in [-0.2, 0) is 14.1 Å². The van der Waals surface area contributed by atoms with Crippen LogP contribution in [0.3, 0.4) is 0 Å². The molecule has 0 radical (unpaired) electrons. The summed E-state index contributed by atoms with van der Waals surface area (Å²) in [7, 11) is 3.53. The molecule has 2 atom stereocenters. The highest BCUT2D eigenvalue weighted by molar-refractivity contribution is 5.70. The molecule has 0 aromatic carbocycles. The van der Waals surface area contributed by atoms with E-state index in [-0.39, 0.29) is 17.7 Å². The van der Waals surface area contributed by atoms with Crippen molar-refractivity contribution in [2.45, 2.75) is 135 Å². The first-order valence-electron chi connectivity index (χ1n) is 14.9. The van der Waals surface area contributed by atoms with Crippen molar-refractivity contribution in [1.29, 1.82) is 0 Å². The number of rotatable bonds is 21. The van der Waals surface area contributed by atoms with Crippen LogP contribution in [0.5, 0.6) is 0 Å². The van der Waals surface area contributed by atoms with Crippen LogP contribution in [0.2, 0.25) is 0 Å². The quantitative estimate of drug-likeness (QED) is 0.186. The monoisotopic (exact) mass is 519 g/mol. The van der Waals surface area contributed by atoms with Gasteiger partial charge in [0.1, 0.15) is 5.82 Å². The summed E-state index contributed by atoms with van der Waals surface area (Å²) in [5.41, 5.74) is 0.0792. The summed E-state index contributed by atoms with van der Waals surface area (Å²) in [4.78, 5) is 31.8. The van der Waals surface area contributed by atoms with Crippen molar-refractivity contribution < 1.29 is 5.11 Å². The number of aromatic amines is 1. The molecule has 8 nitrogen and oxygen atoms in total. The van der Waals surface area contributed by atoms with Crippen LogP contribution in [0.1, 0.15) is 135 Å². The number of imidazole rings is 1. The van der Waals surface area contributed by atoms with E-state index < -0.39 is 5.69 Å². The number of aryl methyl sites for hydroxylation is 2. The summed E-state index contributed by atoms with van der Waals surface area (Å²) in [6.07, 6.45) is 20.3.